The summed E-state index contributed by atoms with van der Waals surface area (Å²) in [6.45, 7) is 0. The molecule has 0 spiro atoms. The van der Waals surface area contributed by atoms with Crippen LogP contribution in [-0.4, -0.2) is 45.1 Å². The molecule has 0 saturated heterocycles. The van der Waals surface area contributed by atoms with Crippen molar-refractivity contribution in [2.45, 2.75) is 0 Å². The second-order valence-electron chi connectivity index (χ2n) is 8.17. The number of hydrogen-bond acceptors (Lipinski definition) is 10. The van der Waals surface area contributed by atoms with Crippen LogP contribution in [0.5, 0.6) is 0 Å². The van der Waals surface area contributed by atoms with Crippen LogP contribution in [0.25, 0.3) is 0 Å². The van der Waals surface area contributed by atoms with Gasteiger partial charge in [-0.05, 0) is 24.3 Å². The van der Waals surface area contributed by atoms with Crippen LogP contribution in [0.3, 0.4) is 0 Å². The van der Waals surface area contributed by atoms with E-state index in [1.165, 1.54) is 12.4 Å². The number of benzene rings is 2. The van der Waals surface area contributed by atoms with E-state index in [2.05, 4.69) is 40.4 Å². The minimum Gasteiger partial charge on any atom is -1.00 e. The molecule has 0 atom stereocenters. The first-order chi connectivity index (χ1) is 19.5. The van der Waals surface area contributed by atoms with Crippen molar-refractivity contribution in [2.75, 3.05) is 0 Å². The van der Waals surface area contributed by atoms with Gasteiger partial charge in [-0.25, -0.2) is 9.98 Å². The van der Waals surface area contributed by atoms with Crippen LogP contribution in [0.15, 0.2) is 128 Å². The second-order valence-corrected chi connectivity index (χ2v) is 8.17. The molecule has 14 heteroatoms. The van der Waals surface area contributed by atoms with Crippen molar-refractivity contribution in [3.8, 4) is 0 Å². The molecule has 0 saturated carbocycles. The van der Waals surface area contributed by atoms with E-state index >= 15 is 0 Å². The average Bonchev–Trinajstić information content (AvgIpc) is 3.51. The fourth-order valence-corrected chi connectivity index (χ4v) is 3.69. The number of rotatable bonds is 4. The normalized spacial score (nSPS) is 15.3. The fraction of sp³-hybridized carbons (Fsp3) is 0. The summed E-state index contributed by atoms with van der Waals surface area (Å²) in [6.07, 6.45) is 3.05. The van der Waals surface area contributed by atoms with Gasteiger partial charge in [-0.3, -0.25) is 9.97 Å². The first kappa shape index (κ1) is 31.3. The van der Waals surface area contributed by atoms with Crippen molar-refractivity contribution in [3.05, 3.63) is 131 Å². The van der Waals surface area contributed by atoms with Gasteiger partial charge in [0.05, 0.1) is 11.4 Å². The summed E-state index contributed by atoms with van der Waals surface area (Å²) < 4.78 is 0. The first-order valence-corrected chi connectivity index (χ1v) is 11.9. The number of halogens is 1. The summed E-state index contributed by atoms with van der Waals surface area (Å²) in [4.78, 5) is 16.0. The maximum Gasteiger partial charge on any atom is 3.00 e. The van der Waals surface area contributed by atoms with E-state index in [4.69, 9.17) is 11.5 Å². The number of fused-ring (bicyclic) bond motifs is 2. The number of pyridine rings is 2. The Hall–Kier alpha value is -5.23. The van der Waals surface area contributed by atoms with E-state index in [-0.39, 0.29) is 40.9 Å². The Bertz CT molecular complexity index is 1610. The van der Waals surface area contributed by atoms with Crippen molar-refractivity contribution < 1.29 is 39.7 Å². The van der Waals surface area contributed by atoms with Crippen LogP contribution < -0.4 is 34.1 Å². The largest absolute Gasteiger partial charge is 3.00 e. The zero-order chi connectivity index (χ0) is 27.9. The van der Waals surface area contributed by atoms with Gasteiger partial charge >= 0.3 is 17.1 Å². The Morgan fingerprint density at radius 2 is 0.905 bits per heavy atom. The van der Waals surface area contributed by atoms with Gasteiger partial charge in [0.15, 0.2) is 11.7 Å². The number of nitrogens with two attached hydrogens (primary N) is 2. The van der Waals surface area contributed by atoms with E-state index in [1.807, 2.05) is 48.5 Å². The quantitative estimate of drug-likeness (QED) is 0.110. The zero-order valence-corrected chi connectivity index (χ0v) is 23.4. The Balaban J connectivity index is 0.000000220. The number of nitrogens with zero attached hydrogens (tertiary/aromatic N) is 8. The standard InChI is InChI=1S/2C14H11N5O.ClH.Fe/c2*15-12-9-5-1-2-6-10(9)13(17-12)18-19-14(20)11-7-3-4-8-16-11;;/h2*1-8H,(H,19,20)(H2,15,17,18);1H;/q;;;+3/p-3. The maximum absolute atomic E-state index is 11.8. The van der Waals surface area contributed by atoms with Gasteiger partial charge in [-0.1, -0.05) is 60.7 Å². The van der Waals surface area contributed by atoms with E-state index < -0.39 is 11.8 Å². The van der Waals surface area contributed by atoms with Gasteiger partial charge in [0.2, 0.25) is 0 Å². The molecule has 12 nitrogen and oxygen atoms in total. The molecule has 0 unspecified atom stereocenters. The number of aliphatic imine (C=N–C) groups is 2. The third kappa shape index (κ3) is 7.09. The molecule has 6 rings (SSSR count). The molecule has 4 aromatic rings. The summed E-state index contributed by atoms with van der Waals surface area (Å²) in [5.74, 6) is 0.386. The average molecular weight is 620 g/mol. The van der Waals surface area contributed by atoms with E-state index in [9.17, 15) is 10.2 Å². The van der Waals surface area contributed by atoms with Crippen LogP contribution in [0.2, 0.25) is 0 Å². The first-order valence-electron chi connectivity index (χ1n) is 11.9. The summed E-state index contributed by atoms with van der Waals surface area (Å²) in [7, 11) is 0. The van der Waals surface area contributed by atoms with Gasteiger partial charge in [-0.2, -0.15) is 10.2 Å². The van der Waals surface area contributed by atoms with Crippen LogP contribution in [0.4, 0.5) is 0 Å². The number of hydrogen-bond donors (Lipinski definition) is 2. The molecule has 1 radical (unpaired) electrons. The van der Waals surface area contributed by atoms with E-state index in [0.29, 0.717) is 23.3 Å². The Morgan fingerprint density at radius 1 is 0.548 bits per heavy atom. The molecule has 209 valence electrons. The SMILES string of the molecule is NC1=N/C(=N\N=C(/[O-])c2ccccn2)c2ccccc21.NC1=N/C(=N\N=C(/[O-])c2ccccn2)c2ccccc21.[Cl-].[Fe+3]. The Morgan fingerprint density at radius 3 is 1.26 bits per heavy atom. The minimum absolute atomic E-state index is 0. The smallest absolute Gasteiger partial charge is 1.00 e. The van der Waals surface area contributed by atoms with Crippen molar-refractivity contribution in [3.63, 3.8) is 0 Å². The molecule has 0 bridgehead atoms. The van der Waals surface area contributed by atoms with Gasteiger partial charge in [-0.15, -0.1) is 10.2 Å². The topological polar surface area (TPSA) is 198 Å². The van der Waals surface area contributed by atoms with Crippen LogP contribution >= 0.6 is 0 Å². The fourth-order valence-electron chi connectivity index (χ4n) is 3.69. The van der Waals surface area contributed by atoms with Gasteiger partial charge < -0.3 is 34.1 Å². The molecule has 2 aliphatic heterocycles. The van der Waals surface area contributed by atoms with E-state index in [0.717, 1.165) is 22.3 Å². The molecule has 0 aliphatic carbocycles. The van der Waals surface area contributed by atoms with Crippen LogP contribution in [0, 0.1) is 0 Å². The predicted octanol–water partition coefficient (Wildman–Crippen LogP) is -2.46. The molecule has 4 N–H and O–H groups in total. The van der Waals surface area contributed by atoms with Crippen molar-refractivity contribution >= 4 is 35.1 Å². The summed E-state index contributed by atoms with van der Waals surface area (Å²) in [5.41, 5.74) is 15.2. The summed E-state index contributed by atoms with van der Waals surface area (Å²) >= 11 is 0. The molecule has 0 fully saturated rings. The van der Waals surface area contributed by atoms with E-state index in [1.54, 1.807) is 36.4 Å². The summed E-state index contributed by atoms with van der Waals surface area (Å²) in [5, 5.41) is 38.6. The van der Waals surface area contributed by atoms with Gasteiger partial charge in [0.25, 0.3) is 0 Å². The van der Waals surface area contributed by atoms with Gasteiger partial charge in [0.1, 0.15) is 11.7 Å². The third-order valence-corrected chi connectivity index (χ3v) is 5.58. The minimum atomic E-state index is -0.517. The van der Waals surface area contributed by atoms with Crippen molar-refractivity contribution in [1.82, 2.24) is 9.97 Å². The predicted molar refractivity (Wildman–Crippen MR) is 149 cm³/mol. The van der Waals surface area contributed by atoms with Crippen molar-refractivity contribution in [2.24, 2.45) is 41.9 Å². The third-order valence-electron chi connectivity index (χ3n) is 5.58. The molecular weight excluding hydrogens is 600 g/mol. The second kappa shape index (κ2) is 14.4. The number of amidine groups is 4. The monoisotopic (exact) mass is 619 g/mol. The maximum atomic E-state index is 11.8. The molecule has 0 amide bonds. The molecule has 42 heavy (non-hydrogen) atoms. The molecule has 2 aliphatic rings. The van der Waals surface area contributed by atoms with Gasteiger partial charge in [0, 0.05) is 46.4 Å². The number of aromatic nitrogens is 2. The molecule has 2 aromatic carbocycles. The molecule has 2 aromatic heterocycles. The zero-order valence-electron chi connectivity index (χ0n) is 21.5. The summed E-state index contributed by atoms with van der Waals surface area (Å²) in [6, 6.07) is 24.8. The Kier molecular flexibility index (Phi) is 10.7. The van der Waals surface area contributed by atoms with Crippen molar-refractivity contribution in [1.29, 1.82) is 0 Å². The molecular formula is C28H20ClFeN10O2. The van der Waals surface area contributed by atoms with Crippen LogP contribution in [-0.2, 0) is 17.1 Å². The Labute approximate surface area is 257 Å². The molecule has 4 heterocycles. The van der Waals surface area contributed by atoms with Crippen LogP contribution in [0.1, 0.15) is 33.6 Å².